The van der Waals surface area contributed by atoms with Crippen molar-refractivity contribution in [2.45, 2.75) is 39.2 Å². The average molecular weight is 294 g/mol. The number of hydrogen-bond donors (Lipinski definition) is 3. The number of rotatable bonds is 7. The number of hydrogen-bond acceptors (Lipinski definition) is 3. The van der Waals surface area contributed by atoms with E-state index in [0.29, 0.717) is 5.75 Å². The van der Waals surface area contributed by atoms with E-state index in [1.54, 1.807) is 6.07 Å². The maximum Gasteiger partial charge on any atom is 0.337 e. The van der Waals surface area contributed by atoms with Crippen molar-refractivity contribution in [3.8, 4) is 5.75 Å². The predicted octanol–water partition coefficient (Wildman–Crippen LogP) is 3.09. The third-order valence-corrected chi connectivity index (χ3v) is 3.17. The van der Waals surface area contributed by atoms with E-state index in [0.717, 1.165) is 19.3 Å². The van der Waals surface area contributed by atoms with Crippen molar-refractivity contribution < 1.29 is 19.4 Å². The summed E-state index contributed by atoms with van der Waals surface area (Å²) in [5.74, 6) is -0.694. The van der Waals surface area contributed by atoms with Gasteiger partial charge in [-0.1, -0.05) is 20.3 Å². The fourth-order valence-corrected chi connectivity index (χ4v) is 2.01. The highest BCUT2D eigenvalue weighted by molar-refractivity contribution is 6.00. The Balaban J connectivity index is 2.82. The van der Waals surface area contributed by atoms with Crippen LogP contribution in [0.3, 0.4) is 0 Å². The van der Waals surface area contributed by atoms with Gasteiger partial charge in [0.05, 0.1) is 18.4 Å². The van der Waals surface area contributed by atoms with E-state index in [2.05, 4.69) is 10.6 Å². The van der Waals surface area contributed by atoms with Gasteiger partial charge in [0.1, 0.15) is 5.75 Å². The first-order valence-electron chi connectivity index (χ1n) is 7.00. The number of urea groups is 1. The van der Waals surface area contributed by atoms with Gasteiger partial charge in [0.15, 0.2) is 0 Å². The molecule has 6 nitrogen and oxygen atoms in total. The van der Waals surface area contributed by atoms with Crippen molar-refractivity contribution in [2.75, 3.05) is 12.4 Å². The maximum absolute atomic E-state index is 11.9. The SMILES string of the molecule is CCCC(CC)NC(=O)Nc1ccc(OC)cc1C(=O)O. The van der Waals surface area contributed by atoms with Gasteiger partial charge in [-0.05, 0) is 31.0 Å². The zero-order chi connectivity index (χ0) is 15.8. The van der Waals surface area contributed by atoms with Crippen molar-refractivity contribution in [2.24, 2.45) is 0 Å². The average Bonchev–Trinajstić information content (AvgIpc) is 2.46. The van der Waals surface area contributed by atoms with Gasteiger partial charge in [0, 0.05) is 6.04 Å². The molecule has 0 heterocycles. The highest BCUT2D eigenvalue weighted by Crippen LogP contribution is 2.22. The molecule has 21 heavy (non-hydrogen) atoms. The Kier molecular flexibility index (Phi) is 6.52. The van der Waals surface area contributed by atoms with Gasteiger partial charge in [-0.2, -0.15) is 0 Å². The zero-order valence-corrected chi connectivity index (χ0v) is 12.6. The lowest BCUT2D eigenvalue weighted by Crippen LogP contribution is -2.37. The standard InChI is InChI=1S/C15H22N2O4/c1-4-6-10(5-2)16-15(20)17-13-8-7-11(21-3)9-12(13)14(18)19/h7-10H,4-6H2,1-3H3,(H,18,19)(H2,16,17,20). The van der Waals surface area contributed by atoms with Crippen LogP contribution in [0.1, 0.15) is 43.5 Å². The van der Waals surface area contributed by atoms with E-state index in [4.69, 9.17) is 4.74 Å². The molecule has 0 radical (unpaired) electrons. The van der Waals surface area contributed by atoms with Crippen LogP contribution in [0.15, 0.2) is 18.2 Å². The van der Waals surface area contributed by atoms with Crippen LogP contribution in [0.4, 0.5) is 10.5 Å². The molecule has 0 fully saturated rings. The largest absolute Gasteiger partial charge is 0.497 e. The number of carboxylic acids is 1. The minimum Gasteiger partial charge on any atom is -0.497 e. The molecule has 6 heteroatoms. The Hall–Kier alpha value is -2.24. The first-order valence-corrected chi connectivity index (χ1v) is 7.00. The van der Waals surface area contributed by atoms with Gasteiger partial charge in [0.2, 0.25) is 0 Å². The molecule has 3 N–H and O–H groups in total. The van der Waals surface area contributed by atoms with E-state index < -0.39 is 12.0 Å². The molecule has 0 bridgehead atoms. The number of benzene rings is 1. The minimum absolute atomic E-state index is 0.00644. The quantitative estimate of drug-likeness (QED) is 0.721. The summed E-state index contributed by atoms with van der Waals surface area (Å²) in [4.78, 5) is 23.2. The molecule has 0 aliphatic carbocycles. The summed E-state index contributed by atoms with van der Waals surface area (Å²) in [5, 5.41) is 14.6. The van der Waals surface area contributed by atoms with Crippen molar-refractivity contribution in [1.29, 1.82) is 0 Å². The number of carbonyl (C=O) groups excluding carboxylic acids is 1. The Labute approximate surface area is 124 Å². The number of amides is 2. The van der Waals surface area contributed by atoms with Crippen LogP contribution in [-0.4, -0.2) is 30.3 Å². The lowest BCUT2D eigenvalue weighted by atomic mass is 10.1. The lowest BCUT2D eigenvalue weighted by molar-refractivity contribution is 0.0697. The molecule has 0 aliphatic heterocycles. The molecule has 0 aliphatic rings. The van der Waals surface area contributed by atoms with Gasteiger partial charge >= 0.3 is 12.0 Å². The van der Waals surface area contributed by atoms with Crippen molar-refractivity contribution in [1.82, 2.24) is 5.32 Å². The molecule has 1 unspecified atom stereocenters. The molecule has 2 amide bonds. The van der Waals surface area contributed by atoms with E-state index in [9.17, 15) is 14.7 Å². The third-order valence-electron chi connectivity index (χ3n) is 3.17. The van der Waals surface area contributed by atoms with Gasteiger partial charge in [0.25, 0.3) is 0 Å². The van der Waals surface area contributed by atoms with Crippen molar-refractivity contribution in [3.63, 3.8) is 0 Å². The first kappa shape index (κ1) is 16.8. The first-order chi connectivity index (χ1) is 10.0. The Morgan fingerprint density at radius 3 is 2.57 bits per heavy atom. The van der Waals surface area contributed by atoms with Crippen LogP contribution in [0.25, 0.3) is 0 Å². The van der Waals surface area contributed by atoms with E-state index in [1.165, 1.54) is 19.2 Å². The van der Waals surface area contributed by atoms with E-state index in [1.807, 2.05) is 13.8 Å². The second-order valence-electron chi connectivity index (χ2n) is 4.71. The number of nitrogens with one attached hydrogen (secondary N) is 2. The normalized spacial score (nSPS) is 11.6. The topological polar surface area (TPSA) is 87.7 Å². The van der Waals surface area contributed by atoms with Crippen LogP contribution in [0.5, 0.6) is 5.75 Å². The minimum atomic E-state index is -1.12. The second-order valence-corrected chi connectivity index (χ2v) is 4.71. The number of aromatic carboxylic acids is 1. The number of carbonyl (C=O) groups is 2. The molecular formula is C15H22N2O4. The number of carboxylic acid groups (broad SMARTS) is 1. The van der Waals surface area contributed by atoms with Crippen LogP contribution in [-0.2, 0) is 0 Å². The van der Waals surface area contributed by atoms with Crippen LogP contribution in [0, 0.1) is 0 Å². The highest BCUT2D eigenvalue weighted by atomic mass is 16.5. The summed E-state index contributed by atoms with van der Waals surface area (Å²) in [6.45, 7) is 4.05. The Bertz CT molecular complexity index is 502. The monoisotopic (exact) mass is 294 g/mol. The number of methoxy groups -OCH3 is 1. The fourth-order valence-electron chi connectivity index (χ4n) is 2.01. The molecule has 116 valence electrons. The van der Waals surface area contributed by atoms with Crippen LogP contribution < -0.4 is 15.4 Å². The summed E-state index contributed by atoms with van der Waals surface area (Å²) in [5.41, 5.74) is 0.236. The lowest BCUT2D eigenvalue weighted by Gasteiger charge is -2.17. The summed E-state index contributed by atoms with van der Waals surface area (Å²) in [6, 6.07) is 4.18. The maximum atomic E-state index is 11.9. The molecular weight excluding hydrogens is 272 g/mol. The summed E-state index contributed by atoms with van der Waals surface area (Å²) < 4.78 is 4.99. The van der Waals surface area contributed by atoms with Gasteiger partial charge < -0.3 is 20.5 Å². The Morgan fingerprint density at radius 2 is 2.05 bits per heavy atom. The second kappa shape index (κ2) is 8.14. The van der Waals surface area contributed by atoms with E-state index >= 15 is 0 Å². The number of ether oxygens (including phenoxy) is 1. The molecule has 0 aromatic heterocycles. The molecule has 1 rings (SSSR count). The van der Waals surface area contributed by atoms with E-state index in [-0.39, 0.29) is 17.3 Å². The molecule has 0 spiro atoms. The summed E-state index contributed by atoms with van der Waals surface area (Å²) in [6.07, 6.45) is 2.69. The third kappa shape index (κ3) is 4.98. The van der Waals surface area contributed by atoms with Gasteiger partial charge in [-0.25, -0.2) is 9.59 Å². The summed E-state index contributed by atoms with van der Waals surface area (Å²) >= 11 is 0. The molecule has 1 aromatic rings. The smallest absolute Gasteiger partial charge is 0.337 e. The van der Waals surface area contributed by atoms with Gasteiger partial charge in [-0.15, -0.1) is 0 Å². The highest BCUT2D eigenvalue weighted by Gasteiger charge is 2.15. The zero-order valence-electron chi connectivity index (χ0n) is 12.6. The molecule has 0 saturated carbocycles. The van der Waals surface area contributed by atoms with Crippen LogP contribution >= 0.6 is 0 Å². The van der Waals surface area contributed by atoms with Gasteiger partial charge in [-0.3, -0.25) is 0 Å². The van der Waals surface area contributed by atoms with Crippen molar-refractivity contribution >= 4 is 17.7 Å². The number of anilines is 1. The predicted molar refractivity (Wildman–Crippen MR) is 81.1 cm³/mol. The Morgan fingerprint density at radius 1 is 1.33 bits per heavy atom. The van der Waals surface area contributed by atoms with Crippen LogP contribution in [0.2, 0.25) is 0 Å². The van der Waals surface area contributed by atoms with Crippen molar-refractivity contribution in [3.05, 3.63) is 23.8 Å². The molecule has 1 aromatic carbocycles. The molecule has 1 atom stereocenters. The molecule has 0 saturated heterocycles. The fraction of sp³-hybridized carbons (Fsp3) is 0.467. The summed E-state index contributed by atoms with van der Waals surface area (Å²) in [7, 11) is 1.46.